The number of thiazole rings is 1. The number of rotatable bonds is 4. The van der Waals surface area contributed by atoms with Crippen LogP contribution in [0.2, 0.25) is 0 Å². The SMILES string of the molecule is CC(=N)c1csc(C2CCN(C(=O)Cn3nc(C(F)(F)F)cc3C)CC2)n1. The predicted octanol–water partition coefficient (Wildman–Crippen LogP) is 3.46. The van der Waals surface area contributed by atoms with Gasteiger partial charge < -0.3 is 10.3 Å². The molecule has 0 aliphatic carbocycles. The fourth-order valence-electron chi connectivity index (χ4n) is 3.06. The van der Waals surface area contributed by atoms with Crippen molar-refractivity contribution in [2.75, 3.05) is 13.1 Å². The van der Waals surface area contributed by atoms with Gasteiger partial charge in [0.25, 0.3) is 0 Å². The molecule has 1 aliphatic rings. The summed E-state index contributed by atoms with van der Waals surface area (Å²) in [6.07, 6.45) is -3.01. The van der Waals surface area contributed by atoms with Crippen molar-refractivity contribution in [1.82, 2.24) is 19.7 Å². The van der Waals surface area contributed by atoms with Crippen LogP contribution < -0.4 is 0 Å². The van der Waals surface area contributed by atoms with Gasteiger partial charge in [-0.15, -0.1) is 11.3 Å². The van der Waals surface area contributed by atoms with Gasteiger partial charge in [-0.05, 0) is 32.8 Å². The molecule has 146 valence electrons. The molecule has 1 amide bonds. The van der Waals surface area contributed by atoms with Gasteiger partial charge in [0.05, 0.1) is 16.4 Å². The third kappa shape index (κ3) is 4.37. The molecule has 27 heavy (non-hydrogen) atoms. The molecule has 0 unspecified atom stereocenters. The summed E-state index contributed by atoms with van der Waals surface area (Å²) in [7, 11) is 0. The van der Waals surface area contributed by atoms with Crippen LogP contribution >= 0.6 is 11.3 Å². The van der Waals surface area contributed by atoms with E-state index in [9.17, 15) is 18.0 Å². The van der Waals surface area contributed by atoms with Crippen molar-refractivity contribution in [2.24, 2.45) is 0 Å². The number of nitrogens with zero attached hydrogens (tertiary/aromatic N) is 4. The third-order valence-electron chi connectivity index (χ3n) is 4.66. The van der Waals surface area contributed by atoms with Crippen LogP contribution in [0.15, 0.2) is 11.4 Å². The minimum absolute atomic E-state index is 0.193. The van der Waals surface area contributed by atoms with Crippen LogP contribution in [-0.2, 0) is 17.5 Å². The summed E-state index contributed by atoms with van der Waals surface area (Å²) in [6, 6.07) is 0.949. The molecule has 0 atom stereocenters. The van der Waals surface area contributed by atoms with Crippen molar-refractivity contribution in [2.45, 2.75) is 45.3 Å². The molecule has 1 fully saturated rings. The van der Waals surface area contributed by atoms with E-state index in [1.165, 1.54) is 18.3 Å². The van der Waals surface area contributed by atoms with Crippen molar-refractivity contribution in [1.29, 1.82) is 5.41 Å². The maximum absolute atomic E-state index is 12.7. The van der Waals surface area contributed by atoms with Gasteiger partial charge in [0, 0.05) is 30.1 Å². The summed E-state index contributed by atoms with van der Waals surface area (Å²) in [5, 5.41) is 14.0. The zero-order valence-corrected chi connectivity index (χ0v) is 15.8. The predicted molar refractivity (Wildman–Crippen MR) is 95.1 cm³/mol. The number of alkyl halides is 3. The van der Waals surface area contributed by atoms with Crippen LogP contribution in [0.4, 0.5) is 13.2 Å². The molecule has 2 aromatic heterocycles. The number of hydrogen-bond donors (Lipinski definition) is 1. The Morgan fingerprint density at radius 3 is 2.56 bits per heavy atom. The van der Waals surface area contributed by atoms with Crippen LogP contribution in [-0.4, -0.2) is 44.4 Å². The Morgan fingerprint density at radius 1 is 1.37 bits per heavy atom. The molecule has 0 aromatic carbocycles. The van der Waals surface area contributed by atoms with Gasteiger partial charge in [-0.25, -0.2) is 4.98 Å². The largest absolute Gasteiger partial charge is 0.435 e. The highest BCUT2D eigenvalue weighted by Gasteiger charge is 2.35. The van der Waals surface area contributed by atoms with Crippen LogP contribution in [0, 0.1) is 12.3 Å². The smallest absolute Gasteiger partial charge is 0.341 e. The zero-order valence-electron chi connectivity index (χ0n) is 15.0. The number of aromatic nitrogens is 3. The lowest BCUT2D eigenvalue weighted by Gasteiger charge is -2.31. The van der Waals surface area contributed by atoms with Gasteiger partial charge in [0.2, 0.25) is 5.91 Å². The maximum Gasteiger partial charge on any atom is 0.435 e. The minimum Gasteiger partial charge on any atom is -0.341 e. The molecule has 0 spiro atoms. The molecule has 6 nitrogen and oxygen atoms in total. The fraction of sp³-hybridized carbons (Fsp3) is 0.529. The summed E-state index contributed by atoms with van der Waals surface area (Å²) in [6.45, 7) is 4.08. The van der Waals surface area contributed by atoms with Gasteiger partial charge in [0.1, 0.15) is 6.54 Å². The van der Waals surface area contributed by atoms with E-state index < -0.39 is 11.9 Å². The first-order valence-electron chi connectivity index (χ1n) is 8.55. The van der Waals surface area contributed by atoms with Crippen LogP contribution in [0.3, 0.4) is 0 Å². The number of carbonyl (C=O) groups excluding carboxylic acids is 1. The molecule has 0 radical (unpaired) electrons. The second-order valence-electron chi connectivity index (χ2n) is 6.68. The van der Waals surface area contributed by atoms with E-state index in [-0.39, 0.29) is 18.4 Å². The van der Waals surface area contributed by atoms with Crippen LogP contribution in [0.1, 0.15) is 47.8 Å². The van der Waals surface area contributed by atoms with E-state index in [4.69, 9.17) is 5.41 Å². The second-order valence-corrected chi connectivity index (χ2v) is 7.57. The quantitative estimate of drug-likeness (QED) is 0.800. The summed E-state index contributed by atoms with van der Waals surface area (Å²) in [5.41, 5.74) is 0.441. The molecule has 2 aromatic rings. The highest BCUT2D eigenvalue weighted by atomic mass is 32.1. The molecule has 1 aliphatic heterocycles. The van der Waals surface area contributed by atoms with E-state index >= 15 is 0 Å². The number of nitrogens with one attached hydrogen (secondary N) is 1. The maximum atomic E-state index is 12.7. The lowest BCUT2D eigenvalue weighted by Crippen LogP contribution is -2.40. The Labute approximate surface area is 158 Å². The Bertz CT molecular complexity index is 849. The lowest BCUT2D eigenvalue weighted by atomic mass is 9.97. The Kier molecular flexibility index (Phi) is 5.36. The molecule has 1 N–H and O–H groups in total. The topological polar surface area (TPSA) is 74.9 Å². The highest BCUT2D eigenvalue weighted by Crippen LogP contribution is 2.31. The second kappa shape index (κ2) is 7.41. The van der Waals surface area contributed by atoms with E-state index in [1.54, 1.807) is 11.8 Å². The average Bonchev–Trinajstić information content (AvgIpc) is 3.22. The van der Waals surface area contributed by atoms with Crippen molar-refractivity contribution < 1.29 is 18.0 Å². The highest BCUT2D eigenvalue weighted by molar-refractivity contribution is 7.09. The molecule has 0 saturated carbocycles. The first kappa shape index (κ1) is 19.5. The van der Waals surface area contributed by atoms with Crippen LogP contribution in [0.5, 0.6) is 0 Å². The Balaban J connectivity index is 1.58. The van der Waals surface area contributed by atoms with E-state index in [0.717, 1.165) is 28.6 Å². The van der Waals surface area contributed by atoms with E-state index in [0.29, 0.717) is 30.2 Å². The molecular formula is C17H20F3N5OS. The molecule has 3 rings (SSSR count). The van der Waals surface area contributed by atoms with Gasteiger partial charge in [-0.1, -0.05) is 0 Å². The van der Waals surface area contributed by atoms with Gasteiger partial charge in [0.15, 0.2) is 5.69 Å². The van der Waals surface area contributed by atoms with Crippen LogP contribution in [0.25, 0.3) is 0 Å². The molecule has 10 heteroatoms. The number of hydrogen-bond acceptors (Lipinski definition) is 5. The van der Waals surface area contributed by atoms with Crippen molar-refractivity contribution in [3.63, 3.8) is 0 Å². The Morgan fingerprint density at radius 2 is 2.04 bits per heavy atom. The van der Waals surface area contributed by atoms with E-state index in [1.807, 2.05) is 5.38 Å². The van der Waals surface area contributed by atoms with Gasteiger partial charge in [-0.2, -0.15) is 18.3 Å². The first-order chi connectivity index (χ1) is 12.6. The average molecular weight is 399 g/mol. The summed E-state index contributed by atoms with van der Waals surface area (Å²) < 4.78 is 39.3. The molecule has 3 heterocycles. The molecular weight excluding hydrogens is 379 g/mol. The number of carbonyl (C=O) groups is 1. The molecule has 0 bridgehead atoms. The standard InChI is InChI=1S/C17H20F3N5OS/c1-10-7-14(17(18,19)20)23-25(10)8-15(26)24-5-3-12(4-6-24)16-22-13(9-27-16)11(2)21/h7,9,12,21H,3-6,8H2,1-2H3. The number of aryl methyl sites for hydroxylation is 1. The van der Waals surface area contributed by atoms with Gasteiger partial charge >= 0.3 is 6.18 Å². The monoisotopic (exact) mass is 399 g/mol. The lowest BCUT2D eigenvalue weighted by molar-refractivity contribution is -0.142. The van der Waals surface area contributed by atoms with Crippen molar-refractivity contribution >= 4 is 23.0 Å². The van der Waals surface area contributed by atoms with Crippen molar-refractivity contribution in [3.8, 4) is 0 Å². The number of halogens is 3. The Hall–Kier alpha value is -2.23. The number of likely N-dealkylation sites (tertiary alicyclic amines) is 1. The summed E-state index contributed by atoms with van der Waals surface area (Å²) >= 11 is 1.53. The third-order valence-corrected chi connectivity index (χ3v) is 5.67. The molecule has 1 saturated heterocycles. The van der Waals surface area contributed by atoms with E-state index in [2.05, 4.69) is 10.1 Å². The number of amides is 1. The normalized spacial score (nSPS) is 16.0. The summed E-state index contributed by atoms with van der Waals surface area (Å²) in [5.74, 6) is 0.0129. The minimum atomic E-state index is -4.52. The fourth-order valence-corrected chi connectivity index (χ4v) is 4.10. The summed E-state index contributed by atoms with van der Waals surface area (Å²) in [4.78, 5) is 18.6. The van der Waals surface area contributed by atoms with Gasteiger partial charge in [-0.3, -0.25) is 9.48 Å². The zero-order chi connectivity index (χ0) is 19.8. The van der Waals surface area contributed by atoms with Crippen molar-refractivity contribution in [3.05, 3.63) is 33.5 Å². The first-order valence-corrected chi connectivity index (χ1v) is 9.43. The number of piperidine rings is 1.